The van der Waals surface area contributed by atoms with Crippen LogP contribution in [0.15, 0.2) is 29.3 Å². The molecule has 174 valence electrons. The molecule has 2 heterocycles. The highest BCUT2D eigenvalue weighted by Crippen LogP contribution is 2.15. The van der Waals surface area contributed by atoms with Crippen LogP contribution in [0.5, 0.6) is 0 Å². The maximum Gasteiger partial charge on any atom is 0.321 e. The smallest absolute Gasteiger partial charge is 0.321 e. The molecule has 0 saturated carbocycles. The quantitative estimate of drug-likeness (QED) is 0.278. The molecule has 2 saturated heterocycles. The van der Waals surface area contributed by atoms with E-state index in [9.17, 15) is 4.79 Å². The van der Waals surface area contributed by atoms with E-state index in [1.807, 2.05) is 23.1 Å². The molecule has 2 fully saturated rings. The largest absolute Gasteiger partial charge is 0.357 e. The predicted octanol–water partition coefficient (Wildman–Crippen LogP) is 3.86. The third-order valence-electron chi connectivity index (χ3n) is 5.80. The second-order valence-corrected chi connectivity index (χ2v) is 8.28. The van der Waals surface area contributed by atoms with Crippen LogP contribution in [-0.2, 0) is 6.54 Å². The monoisotopic (exact) mass is 542 g/mol. The maximum absolute atomic E-state index is 12.3. The Morgan fingerprint density at radius 2 is 1.87 bits per heavy atom. The van der Waals surface area contributed by atoms with Gasteiger partial charge < -0.3 is 25.8 Å². The van der Waals surface area contributed by atoms with Gasteiger partial charge in [0.2, 0.25) is 0 Å². The Balaban J connectivity index is 0.00000341. The number of nitrogens with one attached hydrogen (secondary N) is 3. The van der Waals surface area contributed by atoms with Crippen LogP contribution in [0.25, 0.3) is 0 Å². The molecule has 2 aliphatic rings. The van der Waals surface area contributed by atoms with Gasteiger partial charge in [-0.1, -0.05) is 19.1 Å². The Kier molecular flexibility index (Phi) is 11.4. The molecule has 0 aromatic heterocycles. The summed E-state index contributed by atoms with van der Waals surface area (Å²) in [7, 11) is 0. The number of benzene rings is 1. The second-order valence-electron chi connectivity index (χ2n) is 8.28. The van der Waals surface area contributed by atoms with Gasteiger partial charge in [0, 0.05) is 44.5 Å². The van der Waals surface area contributed by atoms with Gasteiger partial charge in [-0.2, -0.15) is 0 Å². The van der Waals surface area contributed by atoms with Gasteiger partial charge in [0.15, 0.2) is 5.96 Å². The van der Waals surface area contributed by atoms with Crippen molar-refractivity contribution in [3.63, 3.8) is 0 Å². The fraction of sp³-hybridized carbons (Fsp3) is 0.652. The van der Waals surface area contributed by atoms with Gasteiger partial charge in [-0.15, -0.1) is 24.0 Å². The summed E-state index contributed by atoms with van der Waals surface area (Å²) < 4.78 is 0. The first-order valence-electron chi connectivity index (χ1n) is 11.6. The van der Waals surface area contributed by atoms with Crippen molar-refractivity contribution in [2.45, 2.75) is 58.5 Å². The normalized spacial score (nSPS) is 17.9. The third-order valence-corrected chi connectivity index (χ3v) is 5.80. The van der Waals surface area contributed by atoms with Crippen molar-refractivity contribution in [3.05, 3.63) is 29.8 Å². The molecule has 7 nitrogen and oxygen atoms in total. The van der Waals surface area contributed by atoms with Gasteiger partial charge in [0.25, 0.3) is 0 Å². The number of carbonyl (C=O) groups is 1. The number of rotatable bonds is 7. The van der Waals surface area contributed by atoms with Gasteiger partial charge in [0.1, 0.15) is 0 Å². The molecule has 0 unspecified atom stereocenters. The van der Waals surface area contributed by atoms with E-state index in [4.69, 9.17) is 4.99 Å². The average molecular weight is 543 g/mol. The molecular weight excluding hydrogens is 503 g/mol. The molecule has 0 bridgehead atoms. The van der Waals surface area contributed by atoms with Crippen LogP contribution in [0.2, 0.25) is 0 Å². The average Bonchev–Trinajstić information content (AvgIpc) is 3.29. The Morgan fingerprint density at radius 1 is 1.13 bits per heavy atom. The van der Waals surface area contributed by atoms with E-state index in [1.165, 1.54) is 13.0 Å². The van der Waals surface area contributed by atoms with Gasteiger partial charge in [-0.25, -0.2) is 9.79 Å². The topological polar surface area (TPSA) is 72.0 Å². The van der Waals surface area contributed by atoms with Crippen LogP contribution in [-0.4, -0.2) is 67.1 Å². The minimum absolute atomic E-state index is 0. The number of amides is 2. The SMILES string of the molecule is CCCN1CCC(NC(=NCc2cccc(NC(=O)N3CCCC3)c2)NCC)CC1.I. The molecule has 31 heavy (non-hydrogen) atoms. The van der Waals surface area contributed by atoms with Crippen LogP contribution >= 0.6 is 24.0 Å². The van der Waals surface area contributed by atoms with E-state index >= 15 is 0 Å². The summed E-state index contributed by atoms with van der Waals surface area (Å²) in [4.78, 5) is 21.5. The van der Waals surface area contributed by atoms with Crippen LogP contribution < -0.4 is 16.0 Å². The summed E-state index contributed by atoms with van der Waals surface area (Å²) in [5, 5.41) is 10.00. The molecule has 8 heteroatoms. The Morgan fingerprint density at radius 3 is 2.55 bits per heavy atom. The maximum atomic E-state index is 12.3. The molecule has 1 aromatic carbocycles. The van der Waals surface area contributed by atoms with Gasteiger partial charge >= 0.3 is 6.03 Å². The Hall–Kier alpha value is -1.55. The summed E-state index contributed by atoms with van der Waals surface area (Å²) in [6.45, 7) is 11.0. The summed E-state index contributed by atoms with van der Waals surface area (Å²) in [6.07, 6.45) is 5.73. The summed E-state index contributed by atoms with van der Waals surface area (Å²) >= 11 is 0. The van der Waals surface area contributed by atoms with Gasteiger partial charge in [0.05, 0.1) is 6.54 Å². The lowest BCUT2D eigenvalue weighted by Crippen LogP contribution is -2.48. The molecule has 3 N–H and O–H groups in total. The molecule has 2 aliphatic heterocycles. The van der Waals surface area contributed by atoms with E-state index in [2.05, 4.69) is 40.8 Å². The highest BCUT2D eigenvalue weighted by atomic mass is 127. The number of halogens is 1. The van der Waals surface area contributed by atoms with Crippen molar-refractivity contribution in [1.82, 2.24) is 20.4 Å². The van der Waals surface area contributed by atoms with Crippen LogP contribution in [0.3, 0.4) is 0 Å². The van der Waals surface area contributed by atoms with Crippen LogP contribution in [0, 0.1) is 0 Å². The number of hydrogen-bond acceptors (Lipinski definition) is 3. The van der Waals surface area contributed by atoms with Gasteiger partial charge in [-0.05, 0) is 63.3 Å². The minimum Gasteiger partial charge on any atom is -0.357 e. The standard InChI is InChI=1S/C23H38N6O.HI/c1-3-12-28-15-10-20(11-16-28)26-22(24-4-2)25-18-19-8-7-9-21(17-19)27-23(30)29-13-5-6-14-29;/h7-9,17,20H,3-6,10-16,18H2,1-2H3,(H,27,30)(H2,24,25,26);1H. The fourth-order valence-electron chi connectivity index (χ4n) is 4.17. The van der Waals surface area contributed by atoms with Crippen molar-refractivity contribution in [1.29, 1.82) is 0 Å². The minimum atomic E-state index is -0.00225. The molecule has 0 atom stereocenters. The van der Waals surface area contributed by atoms with E-state index in [-0.39, 0.29) is 30.0 Å². The Bertz CT molecular complexity index is 699. The van der Waals surface area contributed by atoms with E-state index in [0.29, 0.717) is 12.6 Å². The van der Waals surface area contributed by atoms with Gasteiger partial charge in [-0.3, -0.25) is 0 Å². The molecule has 2 amide bonds. The highest BCUT2D eigenvalue weighted by Gasteiger charge is 2.19. The van der Waals surface area contributed by atoms with Crippen molar-refractivity contribution in [3.8, 4) is 0 Å². The summed E-state index contributed by atoms with van der Waals surface area (Å²) in [6, 6.07) is 8.47. The van der Waals surface area contributed by atoms with Crippen molar-refractivity contribution < 1.29 is 4.79 Å². The third kappa shape index (κ3) is 8.48. The van der Waals surface area contributed by atoms with E-state index in [0.717, 1.165) is 75.6 Å². The number of hydrogen-bond donors (Lipinski definition) is 3. The molecule has 0 aliphatic carbocycles. The van der Waals surface area contributed by atoms with Crippen LogP contribution in [0.1, 0.15) is 51.5 Å². The summed E-state index contributed by atoms with van der Waals surface area (Å²) in [5.74, 6) is 0.873. The number of piperidine rings is 1. The number of nitrogens with zero attached hydrogens (tertiary/aromatic N) is 3. The number of urea groups is 1. The molecule has 0 radical (unpaired) electrons. The number of guanidine groups is 1. The Labute approximate surface area is 204 Å². The molecule has 0 spiro atoms. The van der Waals surface area contributed by atoms with Crippen molar-refractivity contribution in [2.75, 3.05) is 44.6 Å². The zero-order chi connectivity index (χ0) is 21.2. The molecular formula is C23H39IN6O. The number of likely N-dealkylation sites (tertiary alicyclic amines) is 2. The summed E-state index contributed by atoms with van der Waals surface area (Å²) in [5.41, 5.74) is 1.92. The van der Waals surface area contributed by atoms with E-state index < -0.39 is 0 Å². The second kappa shape index (κ2) is 13.8. The predicted molar refractivity (Wildman–Crippen MR) is 139 cm³/mol. The molecule has 1 aromatic rings. The van der Waals surface area contributed by atoms with Crippen molar-refractivity contribution >= 4 is 41.7 Å². The van der Waals surface area contributed by atoms with E-state index in [1.54, 1.807) is 0 Å². The lowest BCUT2D eigenvalue weighted by Gasteiger charge is -2.32. The first-order valence-corrected chi connectivity index (χ1v) is 11.6. The fourth-order valence-corrected chi connectivity index (χ4v) is 4.17. The lowest BCUT2D eigenvalue weighted by atomic mass is 10.1. The first kappa shape index (κ1) is 25.7. The number of aliphatic imine (C=N–C) groups is 1. The van der Waals surface area contributed by atoms with Crippen LogP contribution in [0.4, 0.5) is 10.5 Å². The number of carbonyl (C=O) groups excluding carboxylic acids is 1. The zero-order valence-electron chi connectivity index (χ0n) is 19.0. The number of anilines is 1. The highest BCUT2D eigenvalue weighted by molar-refractivity contribution is 14.0. The molecule has 3 rings (SSSR count). The zero-order valence-corrected chi connectivity index (χ0v) is 21.4. The first-order chi connectivity index (χ1) is 14.7. The lowest BCUT2D eigenvalue weighted by molar-refractivity contribution is 0.206. The van der Waals surface area contributed by atoms with Crippen molar-refractivity contribution in [2.24, 2.45) is 4.99 Å².